The van der Waals surface area contributed by atoms with Gasteiger partial charge in [-0.2, -0.15) is 0 Å². The molecule has 0 saturated carbocycles. The maximum atomic E-state index is 6.30. The van der Waals surface area contributed by atoms with Crippen LogP contribution < -0.4 is 0 Å². The Labute approximate surface area is 42.9 Å². The molecular weight excluding hydrogens is 94.1 g/mol. The van der Waals surface area contributed by atoms with Crippen molar-refractivity contribution in [3.05, 3.63) is 22.5 Å². The Morgan fingerprint density at radius 1 is 2.00 bits per heavy atom. The Hall–Kier alpha value is -0.550. The van der Waals surface area contributed by atoms with E-state index in [0.717, 1.165) is 0 Å². The molecule has 0 radical (unpaired) electrons. The van der Waals surface area contributed by atoms with Gasteiger partial charge in [-0.1, -0.05) is 0 Å². The fourth-order valence-corrected chi connectivity index (χ4v) is 0.0791. The summed E-state index contributed by atoms with van der Waals surface area (Å²) in [4.78, 5) is 3.01. The zero-order valence-corrected chi connectivity index (χ0v) is 4.25. The topological polar surface area (TPSA) is 4.36 Å². The van der Waals surface area contributed by atoms with Gasteiger partial charge in [-0.05, 0) is 6.92 Å². The fraction of sp³-hybridized carbons (Fsp3) is 0.250. The smallest absolute Gasteiger partial charge is 0.137 e. The SMILES string of the molecule is [C-]#[N+]/C(C)=C\[S-]. The number of allylic oxidation sites excluding steroid dienone is 1. The summed E-state index contributed by atoms with van der Waals surface area (Å²) in [6, 6.07) is 0. The molecule has 0 aliphatic heterocycles. The average molecular weight is 98.1 g/mol. The Balaban J connectivity index is 3.61. The van der Waals surface area contributed by atoms with Gasteiger partial charge in [-0.25, -0.2) is 10.3 Å². The van der Waals surface area contributed by atoms with Gasteiger partial charge in [0.1, 0.15) is 5.70 Å². The molecule has 0 aromatic rings. The van der Waals surface area contributed by atoms with Gasteiger partial charge in [0, 0.05) is 0 Å². The van der Waals surface area contributed by atoms with Gasteiger partial charge in [0.2, 0.25) is 0 Å². The number of nitrogens with zero attached hydrogens (tertiary/aromatic N) is 1. The first kappa shape index (κ1) is 5.45. The van der Waals surface area contributed by atoms with E-state index in [1.165, 1.54) is 5.41 Å². The molecule has 0 N–H and O–H groups in total. The van der Waals surface area contributed by atoms with Crippen LogP contribution in [0.25, 0.3) is 4.85 Å². The summed E-state index contributed by atoms with van der Waals surface area (Å²) in [7, 11) is 0. The Morgan fingerprint density at radius 2 is 2.50 bits per heavy atom. The first-order valence-corrected chi connectivity index (χ1v) is 1.94. The molecule has 0 fully saturated rings. The highest BCUT2D eigenvalue weighted by Crippen LogP contribution is 1.87. The lowest BCUT2D eigenvalue weighted by molar-refractivity contribution is 1.56. The Bertz CT molecular complexity index is 98.6. The molecule has 0 spiro atoms. The molecule has 6 heavy (non-hydrogen) atoms. The molecule has 0 aliphatic carbocycles. The highest BCUT2D eigenvalue weighted by molar-refractivity contribution is 7.62. The van der Waals surface area contributed by atoms with Crippen LogP contribution in [-0.4, -0.2) is 0 Å². The maximum Gasteiger partial charge on any atom is 0.137 e. The van der Waals surface area contributed by atoms with E-state index in [2.05, 4.69) is 17.5 Å². The predicted molar refractivity (Wildman–Crippen MR) is 27.7 cm³/mol. The Morgan fingerprint density at radius 3 is 2.50 bits per heavy atom. The van der Waals surface area contributed by atoms with Crippen molar-refractivity contribution in [2.45, 2.75) is 6.92 Å². The summed E-state index contributed by atoms with van der Waals surface area (Å²) in [5.74, 6) is 0. The second-order valence-corrected chi connectivity index (χ2v) is 1.11. The van der Waals surface area contributed by atoms with Gasteiger partial charge < -0.3 is 12.6 Å². The van der Waals surface area contributed by atoms with E-state index in [4.69, 9.17) is 6.57 Å². The summed E-state index contributed by atoms with van der Waals surface area (Å²) >= 11 is 4.40. The van der Waals surface area contributed by atoms with E-state index < -0.39 is 0 Å². The van der Waals surface area contributed by atoms with Crippen LogP contribution in [-0.2, 0) is 12.6 Å². The molecule has 0 aromatic heterocycles. The predicted octanol–water partition coefficient (Wildman–Crippen LogP) is 1.31. The normalized spacial score (nSPS) is 10.3. The molecule has 32 valence electrons. The molecule has 1 nitrogen and oxygen atoms in total. The van der Waals surface area contributed by atoms with Crippen LogP contribution in [0.1, 0.15) is 6.92 Å². The van der Waals surface area contributed by atoms with Crippen LogP contribution in [0.15, 0.2) is 11.1 Å². The molecule has 0 saturated heterocycles. The molecule has 0 amide bonds. The third-order valence-electron chi connectivity index (χ3n) is 0.347. The van der Waals surface area contributed by atoms with Crippen molar-refractivity contribution >= 4 is 12.6 Å². The van der Waals surface area contributed by atoms with Crippen molar-refractivity contribution in [3.8, 4) is 0 Å². The van der Waals surface area contributed by atoms with E-state index in [9.17, 15) is 0 Å². The van der Waals surface area contributed by atoms with E-state index in [1.54, 1.807) is 6.92 Å². The minimum Gasteiger partial charge on any atom is -0.799 e. The van der Waals surface area contributed by atoms with Crippen LogP contribution in [0, 0.1) is 6.57 Å². The highest BCUT2D eigenvalue weighted by atomic mass is 32.1. The Kier molecular flexibility index (Phi) is 2.43. The molecular formula is C4H4NS-. The molecule has 0 atom stereocenters. The van der Waals surface area contributed by atoms with Crippen molar-refractivity contribution in [3.63, 3.8) is 0 Å². The van der Waals surface area contributed by atoms with Gasteiger partial charge in [-0.3, -0.25) is 0 Å². The molecule has 0 aromatic carbocycles. The van der Waals surface area contributed by atoms with Crippen molar-refractivity contribution in [2.24, 2.45) is 0 Å². The lowest BCUT2D eigenvalue weighted by Crippen LogP contribution is -1.54. The molecule has 2 heteroatoms. The van der Waals surface area contributed by atoms with Crippen molar-refractivity contribution in [2.75, 3.05) is 0 Å². The second-order valence-electron chi connectivity index (χ2n) is 0.871. The van der Waals surface area contributed by atoms with Crippen LogP contribution >= 0.6 is 0 Å². The minimum atomic E-state index is 0.574. The molecule has 0 aliphatic rings. The average Bonchev–Trinajstić information content (AvgIpc) is 1.65. The lowest BCUT2D eigenvalue weighted by atomic mass is 10.6. The monoisotopic (exact) mass is 98.0 g/mol. The highest BCUT2D eigenvalue weighted by Gasteiger charge is 1.66. The minimum absolute atomic E-state index is 0.574. The largest absolute Gasteiger partial charge is 0.799 e. The summed E-state index contributed by atoms with van der Waals surface area (Å²) in [5, 5.41) is 1.37. The zero-order chi connectivity index (χ0) is 4.99. The third-order valence-corrected chi connectivity index (χ3v) is 0.688. The van der Waals surface area contributed by atoms with Gasteiger partial charge in [0.15, 0.2) is 0 Å². The summed E-state index contributed by atoms with van der Waals surface area (Å²) in [6.07, 6.45) is 0. The summed E-state index contributed by atoms with van der Waals surface area (Å²) in [6.45, 7) is 7.98. The van der Waals surface area contributed by atoms with Gasteiger partial charge >= 0.3 is 0 Å². The van der Waals surface area contributed by atoms with Gasteiger partial charge in [0.05, 0.1) is 6.57 Å². The number of hydrogen-bond donors (Lipinski definition) is 0. The second kappa shape index (κ2) is 2.67. The number of hydrogen-bond acceptors (Lipinski definition) is 1. The maximum absolute atomic E-state index is 6.30. The molecule has 0 bridgehead atoms. The lowest BCUT2D eigenvalue weighted by Gasteiger charge is -1.85. The number of rotatable bonds is 0. The first-order valence-electron chi connectivity index (χ1n) is 1.47. The summed E-state index contributed by atoms with van der Waals surface area (Å²) in [5.41, 5.74) is 0.574. The van der Waals surface area contributed by atoms with Crippen molar-refractivity contribution < 1.29 is 0 Å². The van der Waals surface area contributed by atoms with Crippen LogP contribution in [0.2, 0.25) is 0 Å². The molecule has 0 heterocycles. The van der Waals surface area contributed by atoms with Gasteiger partial charge in [-0.15, -0.1) is 0 Å². The molecule has 0 unspecified atom stereocenters. The van der Waals surface area contributed by atoms with Crippen LogP contribution in [0.5, 0.6) is 0 Å². The van der Waals surface area contributed by atoms with Crippen LogP contribution in [0.3, 0.4) is 0 Å². The van der Waals surface area contributed by atoms with E-state index >= 15 is 0 Å². The van der Waals surface area contributed by atoms with Gasteiger partial charge in [0.25, 0.3) is 0 Å². The van der Waals surface area contributed by atoms with E-state index in [1.807, 2.05) is 0 Å². The quantitative estimate of drug-likeness (QED) is 0.326. The van der Waals surface area contributed by atoms with E-state index in [0.29, 0.717) is 5.70 Å². The van der Waals surface area contributed by atoms with Crippen LogP contribution in [0.4, 0.5) is 0 Å². The fourth-order valence-electron chi connectivity index (χ4n) is 0.0264. The third kappa shape index (κ3) is 1.74. The zero-order valence-electron chi connectivity index (χ0n) is 3.43. The van der Waals surface area contributed by atoms with Crippen molar-refractivity contribution in [1.82, 2.24) is 0 Å². The first-order chi connectivity index (χ1) is 2.81. The standard InChI is InChI=1S/C4H5NS/c1-4(3-6)5-2/h3,6H,1H3/p-1/b4-3-. The van der Waals surface area contributed by atoms with E-state index in [-0.39, 0.29) is 0 Å². The summed E-state index contributed by atoms with van der Waals surface area (Å²) < 4.78 is 0. The molecule has 0 rings (SSSR count). The van der Waals surface area contributed by atoms with Crippen molar-refractivity contribution in [1.29, 1.82) is 0 Å².